The van der Waals surface area contributed by atoms with E-state index in [1.807, 2.05) is 121 Å². The molecule has 6 rings (SSSR count). The molecule has 0 saturated carbocycles. The lowest BCUT2D eigenvalue weighted by atomic mass is 9.99. The lowest BCUT2D eigenvalue weighted by molar-refractivity contribution is 0.435. The third-order valence-electron chi connectivity index (χ3n) is 8.40. The SMILES string of the molecule is CCC(=Cc1oc2ccc(-c3ccccc3)cc2c1CCCS(=O)(=O)[O-])C=C1Oc2ccc(-c3ccccc3)cc2N1CCCS(=O)(=O)[O-]. The fraction of sp³-hybridized carbons (Fsp3) is 0.211. The van der Waals surface area contributed by atoms with Crippen LogP contribution < -0.4 is 9.64 Å². The number of ether oxygens (including phenoxy) is 1. The maximum absolute atomic E-state index is 11.5. The maximum atomic E-state index is 11.5. The number of benzene rings is 4. The Labute approximate surface area is 286 Å². The first kappa shape index (κ1) is 34.2. The minimum Gasteiger partial charge on any atom is -0.748 e. The fourth-order valence-electron chi connectivity index (χ4n) is 6.00. The van der Waals surface area contributed by atoms with Gasteiger partial charge in [-0.25, -0.2) is 16.8 Å². The molecule has 1 aliphatic heterocycles. The number of rotatable bonds is 13. The van der Waals surface area contributed by atoms with Crippen molar-refractivity contribution in [2.24, 2.45) is 0 Å². The minimum absolute atomic E-state index is 0.104. The molecule has 4 aromatic carbocycles. The van der Waals surface area contributed by atoms with E-state index in [-0.39, 0.29) is 19.4 Å². The summed E-state index contributed by atoms with van der Waals surface area (Å²) < 4.78 is 81.3. The second kappa shape index (κ2) is 14.4. The molecule has 0 unspecified atom stereocenters. The molecule has 0 radical (unpaired) electrons. The van der Waals surface area contributed by atoms with E-state index in [0.717, 1.165) is 44.5 Å². The Kier molecular flexibility index (Phi) is 10.1. The van der Waals surface area contributed by atoms with Crippen molar-refractivity contribution in [1.82, 2.24) is 0 Å². The van der Waals surface area contributed by atoms with Crippen molar-refractivity contribution in [3.8, 4) is 28.0 Å². The first-order valence-corrected chi connectivity index (χ1v) is 19.2. The summed E-state index contributed by atoms with van der Waals surface area (Å²) in [5, 5.41) is 0.831. The van der Waals surface area contributed by atoms with Crippen molar-refractivity contribution in [3.63, 3.8) is 0 Å². The molecule has 2 heterocycles. The normalized spacial score (nSPS) is 14.4. The van der Waals surface area contributed by atoms with Gasteiger partial charge in [-0.05, 0) is 83.9 Å². The molecule has 9 nitrogen and oxygen atoms in total. The molecule has 11 heteroatoms. The summed E-state index contributed by atoms with van der Waals surface area (Å²) >= 11 is 0. The highest BCUT2D eigenvalue weighted by Gasteiger charge is 2.27. The van der Waals surface area contributed by atoms with Gasteiger partial charge in [0.25, 0.3) is 0 Å². The maximum Gasteiger partial charge on any atom is 0.200 e. The number of hydrogen-bond acceptors (Lipinski definition) is 9. The van der Waals surface area contributed by atoms with Crippen LogP contribution in [0.15, 0.2) is 119 Å². The second-order valence-electron chi connectivity index (χ2n) is 11.9. The van der Waals surface area contributed by atoms with Crippen LogP contribution in [-0.2, 0) is 26.7 Å². The lowest BCUT2D eigenvalue weighted by Gasteiger charge is -2.20. The highest BCUT2D eigenvalue weighted by Crippen LogP contribution is 2.42. The van der Waals surface area contributed by atoms with E-state index in [1.54, 1.807) is 0 Å². The molecule has 0 aliphatic carbocycles. The van der Waals surface area contributed by atoms with Gasteiger partial charge in [-0.15, -0.1) is 0 Å². The summed E-state index contributed by atoms with van der Waals surface area (Å²) in [6, 6.07) is 31.4. The van der Waals surface area contributed by atoms with Crippen molar-refractivity contribution in [1.29, 1.82) is 0 Å². The minimum atomic E-state index is -4.40. The van der Waals surface area contributed by atoms with E-state index in [0.29, 0.717) is 35.8 Å². The van der Waals surface area contributed by atoms with Crippen LogP contribution in [0, 0.1) is 0 Å². The third kappa shape index (κ3) is 8.49. The van der Waals surface area contributed by atoms with Crippen LogP contribution >= 0.6 is 0 Å². The molecular weight excluding hydrogens is 663 g/mol. The zero-order valence-corrected chi connectivity index (χ0v) is 28.5. The van der Waals surface area contributed by atoms with E-state index in [2.05, 4.69) is 0 Å². The van der Waals surface area contributed by atoms with Gasteiger partial charge in [0, 0.05) is 35.1 Å². The quantitative estimate of drug-likeness (QED) is 0.113. The Morgan fingerprint density at radius 1 is 0.755 bits per heavy atom. The van der Waals surface area contributed by atoms with Gasteiger partial charge in [0.2, 0.25) is 5.88 Å². The van der Waals surface area contributed by atoms with Crippen molar-refractivity contribution in [3.05, 3.63) is 126 Å². The van der Waals surface area contributed by atoms with E-state index in [1.165, 1.54) is 0 Å². The first-order chi connectivity index (χ1) is 23.5. The van der Waals surface area contributed by atoms with Gasteiger partial charge in [0.1, 0.15) is 11.3 Å². The summed E-state index contributed by atoms with van der Waals surface area (Å²) in [4.78, 5) is 1.88. The predicted octanol–water partition coefficient (Wildman–Crippen LogP) is 7.71. The molecule has 5 aromatic rings. The van der Waals surface area contributed by atoms with Crippen molar-refractivity contribution in [2.75, 3.05) is 23.0 Å². The molecule has 0 N–H and O–H groups in total. The van der Waals surface area contributed by atoms with Gasteiger partial charge >= 0.3 is 0 Å². The molecule has 0 spiro atoms. The van der Waals surface area contributed by atoms with E-state index >= 15 is 0 Å². The topological polar surface area (TPSA) is 140 Å². The van der Waals surface area contributed by atoms with E-state index in [4.69, 9.17) is 9.15 Å². The zero-order chi connectivity index (χ0) is 34.6. The number of hydrogen-bond donors (Lipinski definition) is 0. The molecule has 0 amide bonds. The van der Waals surface area contributed by atoms with Crippen LogP contribution in [-0.4, -0.2) is 44.0 Å². The van der Waals surface area contributed by atoms with Crippen LogP contribution in [0.2, 0.25) is 0 Å². The smallest absolute Gasteiger partial charge is 0.200 e. The largest absolute Gasteiger partial charge is 0.748 e. The van der Waals surface area contributed by atoms with Gasteiger partial charge in [-0.3, -0.25) is 0 Å². The number of anilines is 1. The molecule has 49 heavy (non-hydrogen) atoms. The second-order valence-corrected chi connectivity index (χ2v) is 14.9. The Hall–Kier alpha value is -4.68. The van der Waals surface area contributed by atoms with Crippen LogP contribution in [0.3, 0.4) is 0 Å². The standard InChI is InChI=1S/C38H37NO8S2/c1-2-27(23-37-32(15-9-21-48(40,41)42)33-25-30(16-18-35(33)46-37)28-11-5-3-6-12-28)24-38-39(20-10-22-49(43,44)45)34-26-31(17-19-36(34)47-38)29-13-7-4-8-14-29/h3-8,11-14,16-19,23-26H,2,9-10,15,20-22H2,1H3,(H,40,41,42)(H,43,44,45)/p-2. The van der Waals surface area contributed by atoms with E-state index in [9.17, 15) is 25.9 Å². The number of nitrogens with zero attached hydrogens (tertiary/aromatic N) is 1. The Morgan fingerprint density at radius 2 is 1.37 bits per heavy atom. The summed E-state index contributed by atoms with van der Waals surface area (Å²) in [5.74, 6) is 0.619. The van der Waals surface area contributed by atoms with Gasteiger partial charge in [-0.1, -0.05) is 79.7 Å². The van der Waals surface area contributed by atoms with Crippen molar-refractivity contribution in [2.45, 2.75) is 32.6 Å². The lowest BCUT2D eigenvalue weighted by Crippen LogP contribution is -2.23. The average molecular weight is 698 g/mol. The Morgan fingerprint density at radius 3 is 2.00 bits per heavy atom. The van der Waals surface area contributed by atoms with Gasteiger partial charge in [0.15, 0.2) is 5.75 Å². The number of allylic oxidation sites excluding steroid dienone is 2. The van der Waals surface area contributed by atoms with Crippen molar-refractivity contribution < 1.29 is 35.1 Å². The predicted molar refractivity (Wildman–Crippen MR) is 190 cm³/mol. The molecule has 0 saturated heterocycles. The third-order valence-corrected chi connectivity index (χ3v) is 9.97. The van der Waals surface area contributed by atoms with Crippen molar-refractivity contribution >= 4 is 43.0 Å². The molecule has 0 bridgehead atoms. The number of fused-ring (bicyclic) bond motifs is 2. The number of furan rings is 1. The van der Waals surface area contributed by atoms with Crippen LogP contribution in [0.25, 0.3) is 39.3 Å². The number of aryl methyl sites for hydroxylation is 1. The van der Waals surface area contributed by atoms with Crippen LogP contribution in [0.1, 0.15) is 37.5 Å². The average Bonchev–Trinajstić information content (AvgIpc) is 3.60. The summed E-state index contributed by atoms with van der Waals surface area (Å²) in [7, 11) is -8.80. The first-order valence-electron chi connectivity index (χ1n) is 16.0. The summed E-state index contributed by atoms with van der Waals surface area (Å²) in [6.07, 6.45) is 4.87. The Bertz CT molecular complexity index is 2240. The molecule has 0 fully saturated rings. The molecular formula is C38H35NO8S2-2. The van der Waals surface area contributed by atoms with E-state index < -0.39 is 31.7 Å². The summed E-state index contributed by atoms with van der Waals surface area (Å²) in [5.41, 5.74) is 6.97. The highest BCUT2D eigenvalue weighted by molar-refractivity contribution is 7.85. The highest BCUT2D eigenvalue weighted by atomic mass is 32.2. The van der Waals surface area contributed by atoms with Crippen LogP contribution in [0.5, 0.6) is 5.75 Å². The van der Waals surface area contributed by atoms with Gasteiger partial charge < -0.3 is 23.2 Å². The molecule has 1 aliphatic rings. The fourth-order valence-corrected chi connectivity index (χ4v) is 6.98. The molecule has 0 atom stereocenters. The molecule has 1 aromatic heterocycles. The van der Waals surface area contributed by atoms with Crippen LogP contribution in [0.4, 0.5) is 5.69 Å². The zero-order valence-electron chi connectivity index (χ0n) is 26.9. The Balaban J connectivity index is 1.39. The summed E-state index contributed by atoms with van der Waals surface area (Å²) in [6.45, 7) is 2.21. The monoisotopic (exact) mass is 697 g/mol. The molecule has 254 valence electrons. The van der Waals surface area contributed by atoms with Gasteiger partial charge in [0.05, 0.1) is 25.9 Å². The van der Waals surface area contributed by atoms with Gasteiger partial charge in [-0.2, -0.15) is 0 Å².